The van der Waals surface area contributed by atoms with Crippen LogP contribution in [0.3, 0.4) is 0 Å². The predicted octanol–water partition coefficient (Wildman–Crippen LogP) is 3.22. The molecule has 7 heteroatoms. The molecule has 0 unspecified atom stereocenters. The lowest BCUT2D eigenvalue weighted by Crippen LogP contribution is -2.43. The fourth-order valence-corrected chi connectivity index (χ4v) is 3.01. The van der Waals surface area contributed by atoms with Gasteiger partial charge >= 0.3 is 6.03 Å². The van der Waals surface area contributed by atoms with Crippen molar-refractivity contribution < 1.29 is 13.9 Å². The van der Waals surface area contributed by atoms with Crippen LogP contribution in [0, 0.1) is 5.92 Å². The summed E-state index contributed by atoms with van der Waals surface area (Å²) in [7, 11) is 1.60. The van der Waals surface area contributed by atoms with Crippen LogP contribution in [0.4, 0.5) is 10.6 Å². The summed E-state index contributed by atoms with van der Waals surface area (Å²) in [5.41, 5.74) is 0.720. The van der Waals surface area contributed by atoms with Crippen LogP contribution in [0.5, 0.6) is 0 Å². The van der Waals surface area contributed by atoms with E-state index in [0.717, 1.165) is 24.3 Å². The molecule has 24 heavy (non-hydrogen) atoms. The fourth-order valence-electron chi connectivity index (χ4n) is 3.01. The molecule has 0 spiro atoms. The van der Waals surface area contributed by atoms with Crippen molar-refractivity contribution in [1.82, 2.24) is 14.9 Å². The van der Waals surface area contributed by atoms with Gasteiger partial charge in [-0.25, -0.2) is 14.8 Å². The number of rotatable bonds is 4. The Hall–Kier alpha value is -2.41. The molecule has 0 aliphatic carbocycles. The van der Waals surface area contributed by atoms with Crippen molar-refractivity contribution in [2.24, 2.45) is 5.92 Å². The zero-order valence-corrected chi connectivity index (χ0v) is 13.9. The molecule has 0 aromatic carbocycles. The molecule has 3 heterocycles. The molecule has 0 bridgehead atoms. The number of aromatic nitrogens is 2. The van der Waals surface area contributed by atoms with Gasteiger partial charge in [0.05, 0.1) is 24.6 Å². The second kappa shape index (κ2) is 7.44. The number of likely N-dealkylation sites (tertiary alicyclic amines) is 1. The van der Waals surface area contributed by atoms with Crippen molar-refractivity contribution in [2.45, 2.75) is 32.4 Å². The number of carbonyl (C=O) groups is 1. The van der Waals surface area contributed by atoms with Crippen LogP contribution in [-0.2, 0) is 11.3 Å². The number of nitrogens with zero attached hydrogens (tertiary/aromatic N) is 3. The van der Waals surface area contributed by atoms with Crippen molar-refractivity contribution in [3.8, 4) is 0 Å². The molecule has 0 saturated carbocycles. The van der Waals surface area contributed by atoms with E-state index in [1.807, 2.05) is 17.0 Å². The van der Waals surface area contributed by atoms with E-state index in [4.69, 9.17) is 9.15 Å². The second-order valence-electron chi connectivity index (χ2n) is 6.11. The van der Waals surface area contributed by atoms with Crippen molar-refractivity contribution in [2.75, 3.05) is 19.0 Å². The number of hydrogen-bond donors (Lipinski definition) is 1. The van der Waals surface area contributed by atoms with Crippen LogP contribution in [-0.4, -0.2) is 34.6 Å². The number of piperidine rings is 1. The lowest BCUT2D eigenvalue weighted by molar-refractivity contribution is 0.129. The van der Waals surface area contributed by atoms with E-state index >= 15 is 0 Å². The minimum Gasteiger partial charge on any atom is -0.467 e. The highest BCUT2D eigenvalue weighted by Gasteiger charge is 2.32. The van der Waals surface area contributed by atoms with Crippen LogP contribution < -0.4 is 5.32 Å². The van der Waals surface area contributed by atoms with E-state index in [1.165, 1.54) is 6.33 Å². The molecular formula is C17H22N4O3. The zero-order valence-electron chi connectivity index (χ0n) is 13.9. The minimum atomic E-state index is -0.176. The number of furan rings is 1. The van der Waals surface area contributed by atoms with E-state index in [9.17, 15) is 4.79 Å². The van der Waals surface area contributed by atoms with Crippen LogP contribution in [0.15, 0.2) is 35.2 Å². The molecule has 1 aliphatic rings. The van der Waals surface area contributed by atoms with Gasteiger partial charge in [0, 0.05) is 19.7 Å². The van der Waals surface area contributed by atoms with Gasteiger partial charge in [-0.1, -0.05) is 6.92 Å². The maximum atomic E-state index is 12.7. The van der Waals surface area contributed by atoms with Gasteiger partial charge in [-0.05, 0) is 30.9 Å². The van der Waals surface area contributed by atoms with E-state index in [0.29, 0.717) is 24.9 Å². The first-order chi connectivity index (χ1) is 11.7. The molecule has 1 fully saturated rings. The Bertz CT molecular complexity index is 674. The van der Waals surface area contributed by atoms with Crippen molar-refractivity contribution in [3.05, 3.63) is 42.2 Å². The van der Waals surface area contributed by atoms with Crippen molar-refractivity contribution in [1.29, 1.82) is 0 Å². The molecule has 0 radical (unpaired) electrons. The summed E-state index contributed by atoms with van der Waals surface area (Å²) in [5.74, 6) is 1.84. The third-order valence-corrected chi connectivity index (χ3v) is 4.25. The number of amides is 2. The quantitative estimate of drug-likeness (QED) is 0.931. The highest BCUT2D eigenvalue weighted by atomic mass is 16.5. The maximum absolute atomic E-state index is 12.7. The lowest BCUT2D eigenvalue weighted by atomic mass is 9.91. The number of methoxy groups -OCH3 is 1. The molecule has 1 N–H and O–H groups in total. The number of urea groups is 1. The van der Waals surface area contributed by atoms with Crippen LogP contribution in [0.2, 0.25) is 0 Å². The molecule has 7 nitrogen and oxygen atoms in total. The minimum absolute atomic E-state index is 0.0518. The molecule has 2 atom stereocenters. The lowest BCUT2D eigenvalue weighted by Gasteiger charge is -2.37. The summed E-state index contributed by atoms with van der Waals surface area (Å²) in [4.78, 5) is 22.8. The smallest absolute Gasteiger partial charge is 0.323 e. The summed E-state index contributed by atoms with van der Waals surface area (Å²) >= 11 is 0. The Morgan fingerprint density at radius 2 is 2.38 bits per heavy atom. The monoisotopic (exact) mass is 330 g/mol. The van der Waals surface area contributed by atoms with Gasteiger partial charge in [0.15, 0.2) is 0 Å². The topological polar surface area (TPSA) is 80.5 Å². The predicted molar refractivity (Wildman–Crippen MR) is 88.3 cm³/mol. The second-order valence-corrected chi connectivity index (χ2v) is 6.11. The van der Waals surface area contributed by atoms with E-state index in [-0.39, 0.29) is 12.1 Å². The Kier molecular flexibility index (Phi) is 5.10. The Morgan fingerprint density at radius 3 is 3.12 bits per heavy atom. The van der Waals surface area contributed by atoms with Gasteiger partial charge in [0.2, 0.25) is 0 Å². The van der Waals surface area contributed by atoms with Crippen molar-refractivity contribution in [3.63, 3.8) is 0 Å². The first-order valence-corrected chi connectivity index (χ1v) is 8.08. The first kappa shape index (κ1) is 16.4. The SMILES string of the molecule is COCc1cc(NC(=O)N2CC[C@@H](C)C[C@H]2c2ccco2)ncn1. The van der Waals surface area contributed by atoms with Crippen LogP contribution >= 0.6 is 0 Å². The van der Waals surface area contributed by atoms with Gasteiger partial charge in [-0.2, -0.15) is 0 Å². The highest BCUT2D eigenvalue weighted by Crippen LogP contribution is 2.34. The average molecular weight is 330 g/mol. The van der Waals surface area contributed by atoms with Gasteiger partial charge in [0.25, 0.3) is 0 Å². The molecule has 3 rings (SSSR count). The van der Waals surface area contributed by atoms with E-state index in [1.54, 1.807) is 19.4 Å². The van der Waals surface area contributed by atoms with Gasteiger partial charge < -0.3 is 14.1 Å². The highest BCUT2D eigenvalue weighted by molar-refractivity contribution is 5.88. The molecule has 2 amide bonds. The van der Waals surface area contributed by atoms with Crippen LogP contribution in [0.1, 0.15) is 37.3 Å². The summed E-state index contributed by atoms with van der Waals surface area (Å²) in [6.45, 7) is 3.27. The molecule has 2 aromatic rings. The molecule has 128 valence electrons. The average Bonchev–Trinajstić information content (AvgIpc) is 3.09. The van der Waals surface area contributed by atoms with E-state index < -0.39 is 0 Å². The fraction of sp³-hybridized carbons (Fsp3) is 0.471. The maximum Gasteiger partial charge on any atom is 0.323 e. The number of carbonyl (C=O) groups excluding carboxylic acids is 1. The van der Waals surface area contributed by atoms with E-state index in [2.05, 4.69) is 22.2 Å². The van der Waals surface area contributed by atoms with Gasteiger partial charge in [-0.15, -0.1) is 0 Å². The molecular weight excluding hydrogens is 308 g/mol. The third kappa shape index (κ3) is 3.73. The molecule has 1 saturated heterocycles. The summed E-state index contributed by atoms with van der Waals surface area (Å²) in [6.07, 6.45) is 4.93. The largest absolute Gasteiger partial charge is 0.467 e. The van der Waals surface area contributed by atoms with Gasteiger partial charge in [0.1, 0.15) is 17.9 Å². The standard InChI is InChI=1S/C17H22N4O3/c1-12-5-6-21(14(8-12)15-4-3-7-24-15)17(22)20-16-9-13(10-23-2)18-11-19-16/h3-4,7,9,11-12,14H,5-6,8,10H2,1-2H3,(H,18,19,20,22)/t12-,14+/m1/s1. The Balaban J connectivity index is 1.74. The Labute approximate surface area is 141 Å². The first-order valence-electron chi connectivity index (χ1n) is 8.08. The summed E-state index contributed by atoms with van der Waals surface area (Å²) < 4.78 is 10.6. The normalized spacial score (nSPS) is 20.8. The molecule has 2 aromatic heterocycles. The number of anilines is 1. The molecule has 1 aliphatic heterocycles. The zero-order chi connectivity index (χ0) is 16.9. The Morgan fingerprint density at radius 1 is 1.50 bits per heavy atom. The summed E-state index contributed by atoms with van der Waals surface area (Å²) in [5, 5.41) is 2.86. The van der Waals surface area contributed by atoms with Gasteiger partial charge in [-0.3, -0.25) is 5.32 Å². The third-order valence-electron chi connectivity index (χ3n) is 4.25. The van der Waals surface area contributed by atoms with Crippen LogP contribution in [0.25, 0.3) is 0 Å². The number of hydrogen-bond acceptors (Lipinski definition) is 5. The number of ether oxygens (including phenoxy) is 1. The number of nitrogens with one attached hydrogen (secondary N) is 1. The van der Waals surface area contributed by atoms with Crippen molar-refractivity contribution >= 4 is 11.8 Å². The summed E-state index contributed by atoms with van der Waals surface area (Å²) in [6, 6.07) is 5.27.